The Morgan fingerprint density at radius 3 is 2.59 bits per heavy atom. The number of rotatable bonds is 2. The number of aromatic nitrogens is 1. The normalized spacial score (nSPS) is 13.1. The summed E-state index contributed by atoms with van der Waals surface area (Å²) in [6, 6.07) is 12.8. The minimum atomic E-state index is -0.170. The molecule has 3 aromatic rings. The fourth-order valence-electron chi connectivity index (χ4n) is 2.28. The Kier molecular flexibility index (Phi) is 3.16. The second kappa shape index (κ2) is 5.31. The van der Waals surface area contributed by atoms with Crippen molar-refractivity contribution < 1.29 is 14.3 Å². The van der Waals surface area contributed by atoms with Gasteiger partial charge in [0.15, 0.2) is 16.6 Å². The summed E-state index contributed by atoms with van der Waals surface area (Å²) in [5, 5.41) is 3.39. The van der Waals surface area contributed by atoms with Gasteiger partial charge in [0.2, 0.25) is 0 Å². The van der Waals surface area contributed by atoms with Gasteiger partial charge in [-0.1, -0.05) is 29.5 Å². The van der Waals surface area contributed by atoms with Gasteiger partial charge in [0.05, 0.1) is 10.2 Å². The lowest BCUT2D eigenvalue weighted by molar-refractivity contribution is 0.102. The molecule has 1 N–H and O–H groups in total. The van der Waals surface area contributed by atoms with Gasteiger partial charge in [-0.25, -0.2) is 4.98 Å². The number of nitrogens with zero attached hydrogens (tertiary/aromatic N) is 1. The molecule has 4 rings (SSSR count). The highest BCUT2D eigenvalue weighted by Gasteiger charge is 2.16. The number of amides is 1. The van der Waals surface area contributed by atoms with Crippen LogP contribution < -0.4 is 14.8 Å². The summed E-state index contributed by atoms with van der Waals surface area (Å²) >= 11 is 1.41. The molecule has 0 bridgehead atoms. The lowest BCUT2D eigenvalue weighted by Gasteiger charge is -2.17. The zero-order chi connectivity index (χ0) is 14.9. The van der Waals surface area contributed by atoms with Crippen LogP contribution in [-0.2, 0) is 0 Å². The van der Waals surface area contributed by atoms with Crippen LogP contribution in [0.3, 0.4) is 0 Å². The van der Waals surface area contributed by atoms with Crippen molar-refractivity contribution in [3.63, 3.8) is 0 Å². The number of carbonyl (C=O) groups excluding carboxylic acids is 1. The van der Waals surface area contributed by atoms with Crippen LogP contribution in [0.15, 0.2) is 42.5 Å². The number of hydrogen-bond acceptors (Lipinski definition) is 5. The van der Waals surface area contributed by atoms with Gasteiger partial charge in [-0.3, -0.25) is 10.1 Å². The summed E-state index contributed by atoms with van der Waals surface area (Å²) in [5.41, 5.74) is 1.39. The molecule has 1 aliphatic rings. The lowest BCUT2D eigenvalue weighted by Crippen LogP contribution is -2.15. The van der Waals surface area contributed by atoms with E-state index in [1.54, 1.807) is 12.1 Å². The zero-order valence-corrected chi connectivity index (χ0v) is 12.4. The van der Waals surface area contributed by atoms with E-state index in [1.165, 1.54) is 11.3 Å². The summed E-state index contributed by atoms with van der Waals surface area (Å²) < 4.78 is 12.1. The van der Waals surface area contributed by atoms with E-state index in [9.17, 15) is 4.79 Å². The summed E-state index contributed by atoms with van der Waals surface area (Å²) in [6.07, 6.45) is 0. The van der Waals surface area contributed by atoms with E-state index < -0.39 is 0 Å². The van der Waals surface area contributed by atoms with Gasteiger partial charge in [-0.2, -0.15) is 0 Å². The van der Waals surface area contributed by atoms with E-state index in [4.69, 9.17) is 9.47 Å². The van der Waals surface area contributed by atoms with E-state index in [0.717, 1.165) is 16.0 Å². The number of fused-ring (bicyclic) bond motifs is 2. The predicted octanol–water partition coefficient (Wildman–Crippen LogP) is 3.32. The first-order chi connectivity index (χ1) is 10.8. The largest absolute Gasteiger partial charge is 0.486 e. The number of ether oxygens (including phenoxy) is 2. The molecule has 1 aromatic heterocycles. The highest BCUT2D eigenvalue weighted by molar-refractivity contribution is 7.22. The number of hydrogen-bond donors (Lipinski definition) is 1. The maximum Gasteiger partial charge on any atom is 0.257 e. The molecule has 0 unspecified atom stereocenters. The monoisotopic (exact) mass is 312 g/mol. The van der Waals surface area contributed by atoms with Crippen LogP contribution in [0, 0.1) is 0 Å². The smallest absolute Gasteiger partial charge is 0.257 e. The Bertz CT molecular complexity index is 802. The first-order valence-electron chi connectivity index (χ1n) is 6.86. The maximum absolute atomic E-state index is 12.2. The molecule has 0 atom stereocenters. The van der Waals surface area contributed by atoms with Gasteiger partial charge < -0.3 is 9.47 Å². The molecule has 1 aliphatic heterocycles. The Morgan fingerprint density at radius 2 is 1.82 bits per heavy atom. The number of benzene rings is 2. The topological polar surface area (TPSA) is 60.5 Å². The first-order valence-corrected chi connectivity index (χ1v) is 7.68. The average molecular weight is 312 g/mol. The van der Waals surface area contributed by atoms with Crippen LogP contribution in [0.2, 0.25) is 0 Å². The highest BCUT2D eigenvalue weighted by atomic mass is 32.1. The van der Waals surface area contributed by atoms with Gasteiger partial charge in [0.1, 0.15) is 13.2 Å². The second-order valence-corrected chi connectivity index (χ2v) is 5.83. The van der Waals surface area contributed by atoms with Crippen LogP contribution in [0.25, 0.3) is 10.2 Å². The fraction of sp³-hybridized carbons (Fsp3) is 0.125. The number of carbonyl (C=O) groups is 1. The van der Waals surface area contributed by atoms with Gasteiger partial charge in [0.25, 0.3) is 5.91 Å². The van der Waals surface area contributed by atoms with Gasteiger partial charge in [-0.05, 0) is 12.1 Å². The number of thiazole rings is 1. The molecule has 0 saturated carbocycles. The van der Waals surface area contributed by atoms with Crippen molar-refractivity contribution >= 4 is 32.6 Å². The van der Waals surface area contributed by atoms with Crippen LogP contribution in [0.1, 0.15) is 10.4 Å². The summed E-state index contributed by atoms with van der Waals surface area (Å²) in [5.74, 6) is 1.25. The Hall–Kier alpha value is -2.60. The number of anilines is 1. The third-order valence-corrected chi connectivity index (χ3v) is 4.24. The van der Waals surface area contributed by atoms with Crippen molar-refractivity contribution in [1.29, 1.82) is 0 Å². The highest BCUT2D eigenvalue weighted by Crippen LogP contribution is 2.37. The van der Waals surface area contributed by atoms with Crippen LogP contribution in [0.5, 0.6) is 11.5 Å². The van der Waals surface area contributed by atoms with Crippen molar-refractivity contribution in [2.75, 3.05) is 18.5 Å². The summed E-state index contributed by atoms with van der Waals surface area (Å²) in [7, 11) is 0. The van der Waals surface area contributed by atoms with Crippen LogP contribution in [-0.4, -0.2) is 24.1 Å². The molecular weight excluding hydrogens is 300 g/mol. The van der Waals surface area contributed by atoms with E-state index in [-0.39, 0.29) is 5.91 Å². The Morgan fingerprint density at radius 1 is 1.09 bits per heavy atom. The van der Waals surface area contributed by atoms with Crippen LogP contribution >= 0.6 is 11.3 Å². The molecule has 0 fully saturated rings. The molecule has 6 heteroatoms. The second-order valence-electron chi connectivity index (χ2n) is 4.80. The quantitative estimate of drug-likeness (QED) is 0.788. The molecule has 2 heterocycles. The van der Waals surface area contributed by atoms with Crippen LogP contribution in [0.4, 0.5) is 5.13 Å². The minimum Gasteiger partial charge on any atom is -0.486 e. The molecule has 0 aliphatic carbocycles. The Balaban J connectivity index is 1.64. The third-order valence-electron chi connectivity index (χ3n) is 3.31. The van der Waals surface area contributed by atoms with Gasteiger partial charge in [0, 0.05) is 17.7 Å². The van der Waals surface area contributed by atoms with Crippen molar-refractivity contribution in [2.45, 2.75) is 0 Å². The molecule has 0 spiro atoms. The predicted molar refractivity (Wildman–Crippen MR) is 85.0 cm³/mol. The molecule has 110 valence electrons. The molecule has 2 aromatic carbocycles. The third kappa shape index (κ3) is 2.37. The first kappa shape index (κ1) is 13.1. The van der Waals surface area contributed by atoms with E-state index in [1.807, 2.05) is 30.3 Å². The molecule has 1 amide bonds. The molecule has 0 radical (unpaired) electrons. The molecule has 0 saturated heterocycles. The zero-order valence-electron chi connectivity index (χ0n) is 11.5. The van der Waals surface area contributed by atoms with E-state index in [2.05, 4.69) is 10.3 Å². The van der Waals surface area contributed by atoms with E-state index >= 15 is 0 Å². The van der Waals surface area contributed by atoms with Crippen molar-refractivity contribution in [2.24, 2.45) is 0 Å². The maximum atomic E-state index is 12.2. The average Bonchev–Trinajstić information content (AvgIpc) is 2.94. The molecule has 22 heavy (non-hydrogen) atoms. The van der Waals surface area contributed by atoms with Crippen molar-refractivity contribution in [3.05, 3.63) is 48.0 Å². The van der Waals surface area contributed by atoms with Gasteiger partial charge in [-0.15, -0.1) is 0 Å². The summed E-state index contributed by atoms with van der Waals surface area (Å²) in [4.78, 5) is 16.6. The summed E-state index contributed by atoms with van der Waals surface area (Å²) in [6.45, 7) is 1.09. The lowest BCUT2D eigenvalue weighted by atomic mass is 10.2. The SMILES string of the molecule is O=C(Nc1nc2cc3c(cc2s1)OCCO3)c1ccccc1. The number of nitrogens with one attached hydrogen (secondary N) is 1. The molecular formula is C16H12N2O3S. The Labute approximate surface area is 130 Å². The fourth-order valence-corrected chi connectivity index (χ4v) is 3.15. The molecule has 5 nitrogen and oxygen atoms in total. The van der Waals surface area contributed by atoms with Crippen molar-refractivity contribution in [1.82, 2.24) is 4.98 Å². The van der Waals surface area contributed by atoms with Crippen molar-refractivity contribution in [3.8, 4) is 11.5 Å². The standard InChI is InChI=1S/C16H12N2O3S/c19-15(10-4-2-1-3-5-10)18-16-17-11-8-12-13(9-14(11)22-16)21-7-6-20-12/h1-5,8-9H,6-7H2,(H,17,18,19). The minimum absolute atomic E-state index is 0.170. The van der Waals surface area contributed by atoms with Gasteiger partial charge >= 0.3 is 0 Å². The van der Waals surface area contributed by atoms with E-state index in [0.29, 0.717) is 29.7 Å².